The second kappa shape index (κ2) is 7.96. The minimum absolute atomic E-state index is 0.0181. The van der Waals surface area contributed by atoms with Crippen molar-refractivity contribution in [3.63, 3.8) is 0 Å². The van der Waals surface area contributed by atoms with Gasteiger partial charge in [0.15, 0.2) is 0 Å². The van der Waals surface area contributed by atoms with E-state index in [0.29, 0.717) is 30.5 Å². The third-order valence-corrected chi connectivity index (χ3v) is 4.47. The zero-order valence-corrected chi connectivity index (χ0v) is 14.2. The Kier molecular flexibility index (Phi) is 6.26. The van der Waals surface area contributed by atoms with E-state index in [-0.39, 0.29) is 6.04 Å². The van der Waals surface area contributed by atoms with Crippen LogP contribution in [0.4, 0.5) is 0 Å². The molecule has 1 aromatic carbocycles. The van der Waals surface area contributed by atoms with Gasteiger partial charge in [-0.2, -0.15) is 0 Å². The van der Waals surface area contributed by atoms with Crippen LogP contribution in [-0.4, -0.2) is 31.9 Å². The summed E-state index contributed by atoms with van der Waals surface area (Å²) in [7, 11) is 1.66. The van der Waals surface area contributed by atoms with Crippen molar-refractivity contribution >= 4 is 27.5 Å². The molecule has 0 N–H and O–H groups in total. The van der Waals surface area contributed by atoms with E-state index in [2.05, 4.69) is 21.2 Å². The van der Waals surface area contributed by atoms with E-state index >= 15 is 0 Å². The third-order valence-electron chi connectivity index (χ3n) is 3.49. The molecule has 21 heavy (non-hydrogen) atoms. The van der Waals surface area contributed by atoms with Crippen LogP contribution in [0.15, 0.2) is 21.9 Å². The van der Waals surface area contributed by atoms with Gasteiger partial charge >= 0.3 is 0 Å². The number of methoxy groups -OCH3 is 1. The predicted molar refractivity (Wildman–Crippen MR) is 85.6 cm³/mol. The van der Waals surface area contributed by atoms with Gasteiger partial charge in [0.2, 0.25) is 0 Å². The molecule has 1 saturated heterocycles. The Morgan fingerprint density at radius 2 is 2.29 bits per heavy atom. The highest BCUT2D eigenvalue weighted by Gasteiger charge is 2.28. The quantitative estimate of drug-likeness (QED) is 0.524. The summed E-state index contributed by atoms with van der Waals surface area (Å²) < 4.78 is 11.6. The molecule has 2 rings (SSSR count). The molecule has 5 nitrogen and oxygen atoms in total. The normalized spacial score (nSPS) is 18.0. The van der Waals surface area contributed by atoms with E-state index < -0.39 is 0 Å². The Balaban J connectivity index is 2.15. The van der Waals surface area contributed by atoms with Gasteiger partial charge in [-0.25, -0.2) is 0 Å². The highest BCUT2D eigenvalue weighted by molar-refractivity contribution is 9.10. The molecule has 0 radical (unpaired) electrons. The number of rotatable bonds is 7. The molecule has 0 saturated carbocycles. The van der Waals surface area contributed by atoms with Crippen LogP contribution in [-0.2, 0) is 4.74 Å². The number of nitrogens with zero attached hydrogens (tertiary/aromatic N) is 2. The third kappa shape index (κ3) is 4.08. The fraction of sp³-hybridized carbons (Fsp3) is 0.571. The van der Waals surface area contributed by atoms with Crippen molar-refractivity contribution < 1.29 is 9.47 Å². The lowest BCUT2D eigenvalue weighted by Gasteiger charge is -2.21. The monoisotopic (exact) mass is 376 g/mol. The Bertz CT molecular complexity index is 501. The summed E-state index contributed by atoms with van der Waals surface area (Å²) in [6.45, 7) is 1.87. The molecule has 1 fully saturated rings. The Morgan fingerprint density at radius 3 is 3.00 bits per heavy atom. The summed E-state index contributed by atoms with van der Waals surface area (Å²) in [5.41, 5.74) is 0.984. The van der Waals surface area contributed by atoms with Crippen molar-refractivity contribution in [3.05, 3.63) is 32.1 Å². The number of nitroso groups, excluding NO2 is 1. The van der Waals surface area contributed by atoms with E-state index in [4.69, 9.17) is 21.1 Å². The van der Waals surface area contributed by atoms with Gasteiger partial charge in [0, 0.05) is 31.2 Å². The first-order valence-corrected chi connectivity index (χ1v) is 8.05. The van der Waals surface area contributed by atoms with Crippen LogP contribution in [0.1, 0.15) is 30.9 Å². The molecule has 1 heterocycles. The van der Waals surface area contributed by atoms with Crippen LogP contribution in [0.5, 0.6) is 5.75 Å². The van der Waals surface area contributed by atoms with E-state index in [0.717, 1.165) is 29.3 Å². The first-order chi connectivity index (χ1) is 10.2. The minimum atomic E-state index is -0.0181. The molecule has 0 aromatic heterocycles. The van der Waals surface area contributed by atoms with Crippen molar-refractivity contribution in [2.24, 2.45) is 5.29 Å². The number of benzene rings is 1. The van der Waals surface area contributed by atoms with Crippen LogP contribution >= 0.6 is 27.5 Å². The molecule has 7 heteroatoms. The van der Waals surface area contributed by atoms with Crippen molar-refractivity contribution in [2.75, 3.05) is 26.9 Å². The molecular weight excluding hydrogens is 360 g/mol. The highest BCUT2D eigenvalue weighted by atomic mass is 79.9. The minimum Gasteiger partial charge on any atom is -0.492 e. The summed E-state index contributed by atoms with van der Waals surface area (Å²) in [6.07, 6.45) is 2.65. The fourth-order valence-electron chi connectivity index (χ4n) is 2.46. The summed E-state index contributed by atoms with van der Waals surface area (Å²) >= 11 is 9.72. The largest absolute Gasteiger partial charge is 0.492 e. The predicted octanol–water partition coefficient (Wildman–Crippen LogP) is 4.34. The smallest absolute Gasteiger partial charge is 0.138 e. The molecule has 0 unspecified atom stereocenters. The van der Waals surface area contributed by atoms with E-state index in [1.807, 2.05) is 12.1 Å². The summed E-state index contributed by atoms with van der Waals surface area (Å²) in [5, 5.41) is 5.22. The lowest BCUT2D eigenvalue weighted by atomic mass is 10.0. The molecule has 1 aliphatic rings. The van der Waals surface area contributed by atoms with Gasteiger partial charge in [-0.1, -0.05) is 27.5 Å². The molecule has 1 aromatic rings. The number of hydrogen-bond donors (Lipinski definition) is 0. The van der Waals surface area contributed by atoms with Crippen LogP contribution in [0.25, 0.3) is 0 Å². The maximum atomic E-state index is 10.9. The van der Waals surface area contributed by atoms with Crippen LogP contribution in [0.2, 0.25) is 5.02 Å². The lowest BCUT2D eigenvalue weighted by molar-refractivity contribution is 0.172. The zero-order valence-electron chi connectivity index (χ0n) is 11.8. The standard InChI is InChI=1S/C14H18BrClN2O3/c1-20-6-3-7-21-14-8-10(11(15)9-12(14)16)13-4-2-5-18(13)17-19/h8-9,13H,2-7H2,1H3/t13-/m0/s1. The van der Waals surface area contributed by atoms with E-state index in [1.165, 1.54) is 0 Å². The van der Waals surface area contributed by atoms with Crippen molar-refractivity contribution in [2.45, 2.75) is 25.3 Å². The van der Waals surface area contributed by atoms with E-state index in [9.17, 15) is 4.91 Å². The second-order valence-electron chi connectivity index (χ2n) is 4.90. The van der Waals surface area contributed by atoms with Gasteiger partial charge in [-0.15, -0.1) is 4.91 Å². The van der Waals surface area contributed by atoms with Crippen LogP contribution in [0, 0.1) is 4.91 Å². The van der Waals surface area contributed by atoms with Crippen LogP contribution < -0.4 is 4.74 Å². The number of halogens is 2. The van der Waals surface area contributed by atoms with E-state index in [1.54, 1.807) is 12.1 Å². The van der Waals surface area contributed by atoms with Crippen molar-refractivity contribution in [3.8, 4) is 5.75 Å². The van der Waals surface area contributed by atoms with Crippen molar-refractivity contribution in [1.82, 2.24) is 5.01 Å². The summed E-state index contributed by atoms with van der Waals surface area (Å²) in [6, 6.07) is 3.69. The summed E-state index contributed by atoms with van der Waals surface area (Å²) in [4.78, 5) is 10.9. The first kappa shape index (κ1) is 16.5. The Morgan fingerprint density at radius 1 is 1.48 bits per heavy atom. The Labute approximate surface area is 137 Å². The van der Waals surface area contributed by atoms with Gasteiger partial charge in [0.05, 0.1) is 23.0 Å². The maximum Gasteiger partial charge on any atom is 0.138 e. The molecule has 1 aliphatic heterocycles. The van der Waals surface area contributed by atoms with Crippen LogP contribution in [0.3, 0.4) is 0 Å². The first-order valence-electron chi connectivity index (χ1n) is 6.88. The topological polar surface area (TPSA) is 51.1 Å². The van der Waals surface area contributed by atoms with Gasteiger partial charge in [-0.05, 0) is 30.5 Å². The fourth-order valence-corrected chi connectivity index (χ4v) is 3.42. The number of ether oxygens (including phenoxy) is 2. The highest BCUT2D eigenvalue weighted by Crippen LogP contribution is 2.40. The SMILES string of the molecule is COCCCOc1cc([C@@H]2CCCN2N=O)c(Br)cc1Cl. The molecule has 1 atom stereocenters. The molecule has 0 aliphatic carbocycles. The second-order valence-corrected chi connectivity index (χ2v) is 6.16. The average Bonchev–Trinajstić information content (AvgIpc) is 2.93. The molecule has 0 spiro atoms. The summed E-state index contributed by atoms with van der Waals surface area (Å²) in [5.74, 6) is 0.628. The van der Waals surface area contributed by atoms with Gasteiger partial charge in [0.1, 0.15) is 5.75 Å². The molecule has 116 valence electrons. The number of hydrogen-bond acceptors (Lipinski definition) is 4. The van der Waals surface area contributed by atoms with Gasteiger partial charge in [-0.3, -0.25) is 5.01 Å². The van der Waals surface area contributed by atoms with Gasteiger partial charge in [0.25, 0.3) is 0 Å². The van der Waals surface area contributed by atoms with Gasteiger partial charge < -0.3 is 9.47 Å². The van der Waals surface area contributed by atoms with Crippen molar-refractivity contribution in [1.29, 1.82) is 0 Å². The maximum absolute atomic E-state index is 10.9. The molecule has 0 bridgehead atoms. The molecular formula is C14H18BrClN2O3. The molecule has 0 amide bonds. The average molecular weight is 378 g/mol. The zero-order chi connectivity index (χ0) is 15.2. The lowest BCUT2D eigenvalue weighted by Crippen LogP contribution is -2.16. The Hall–Kier alpha value is -0.850.